The van der Waals surface area contributed by atoms with E-state index < -0.39 is 5.97 Å². The molecule has 0 radical (unpaired) electrons. The SMILES string of the molecule is O=C(O)c1nc2ccc(-c3ccccn3)nn2c1Br. The molecule has 7 heteroatoms. The minimum absolute atomic E-state index is 0.0642. The van der Waals surface area contributed by atoms with Crippen LogP contribution in [0.1, 0.15) is 10.5 Å². The molecule has 0 unspecified atom stereocenters. The number of aromatic carboxylic acids is 1. The number of fused-ring (bicyclic) bond motifs is 1. The molecule has 94 valence electrons. The lowest BCUT2D eigenvalue weighted by Crippen LogP contribution is -1.98. The lowest BCUT2D eigenvalue weighted by molar-refractivity contribution is 0.0690. The number of rotatable bonds is 2. The number of halogens is 1. The Bertz CT molecular complexity index is 770. The zero-order chi connectivity index (χ0) is 13.4. The van der Waals surface area contributed by atoms with Gasteiger partial charge in [0.05, 0.1) is 5.69 Å². The van der Waals surface area contributed by atoms with Gasteiger partial charge in [0.15, 0.2) is 11.3 Å². The molecule has 3 aromatic rings. The number of pyridine rings is 1. The summed E-state index contributed by atoms with van der Waals surface area (Å²) in [7, 11) is 0. The lowest BCUT2D eigenvalue weighted by Gasteiger charge is -2.00. The molecule has 3 heterocycles. The molecule has 1 N–H and O–H groups in total. The van der Waals surface area contributed by atoms with Gasteiger partial charge < -0.3 is 5.11 Å². The van der Waals surface area contributed by atoms with Crippen LogP contribution in [0.4, 0.5) is 0 Å². The summed E-state index contributed by atoms with van der Waals surface area (Å²) in [4.78, 5) is 19.2. The zero-order valence-electron chi connectivity index (χ0n) is 9.49. The molecule has 0 saturated heterocycles. The molecule has 0 aliphatic carbocycles. The highest BCUT2D eigenvalue weighted by molar-refractivity contribution is 9.10. The second kappa shape index (κ2) is 4.43. The summed E-state index contributed by atoms with van der Waals surface area (Å²) < 4.78 is 1.75. The van der Waals surface area contributed by atoms with Crippen LogP contribution in [0.25, 0.3) is 17.0 Å². The van der Waals surface area contributed by atoms with Crippen LogP contribution >= 0.6 is 15.9 Å². The standard InChI is InChI=1S/C12H7BrN4O2/c13-11-10(12(18)19)15-9-5-4-8(16-17(9)11)7-3-1-2-6-14-7/h1-6H,(H,18,19). The molecule has 0 fully saturated rings. The van der Waals surface area contributed by atoms with Gasteiger partial charge in [-0.05, 0) is 40.2 Å². The quantitative estimate of drug-likeness (QED) is 0.783. The average Bonchev–Trinajstić information content (AvgIpc) is 2.77. The van der Waals surface area contributed by atoms with Gasteiger partial charge in [-0.25, -0.2) is 14.3 Å². The van der Waals surface area contributed by atoms with Crippen molar-refractivity contribution in [1.29, 1.82) is 0 Å². The topological polar surface area (TPSA) is 80.4 Å². The molecule has 0 spiro atoms. The first kappa shape index (κ1) is 11.8. The molecule has 19 heavy (non-hydrogen) atoms. The van der Waals surface area contributed by atoms with Crippen molar-refractivity contribution in [2.75, 3.05) is 0 Å². The molecule has 0 aliphatic rings. The van der Waals surface area contributed by atoms with E-state index >= 15 is 0 Å². The summed E-state index contributed by atoms with van der Waals surface area (Å²) in [5.74, 6) is -1.10. The third-order valence-corrected chi connectivity index (χ3v) is 3.26. The number of imidazole rings is 1. The number of carbonyl (C=O) groups is 1. The first-order valence-electron chi connectivity index (χ1n) is 5.37. The zero-order valence-corrected chi connectivity index (χ0v) is 11.1. The van der Waals surface area contributed by atoms with E-state index in [1.807, 2.05) is 18.2 Å². The van der Waals surface area contributed by atoms with Crippen molar-refractivity contribution in [1.82, 2.24) is 19.6 Å². The minimum Gasteiger partial charge on any atom is -0.476 e. The second-order valence-electron chi connectivity index (χ2n) is 3.76. The fourth-order valence-electron chi connectivity index (χ4n) is 1.69. The fraction of sp³-hybridized carbons (Fsp3) is 0. The molecular formula is C12H7BrN4O2. The lowest BCUT2D eigenvalue weighted by atomic mass is 10.2. The van der Waals surface area contributed by atoms with Gasteiger partial charge in [-0.15, -0.1) is 0 Å². The van der Waals surface area contributed by atoms with Crippen LogP contribution in [0.2, 0.25) is 0 Å². The van der Waals surface area contributed by atoms with Crippen LogP contribution in [0.15, 0.2) is 41.1 Å². The molecular weight excluding hydrogens is 312 g/mol. The van der Waals surface area contributed by atoms with Crippen LogP contribution < -0.4 is 0 Å². The summed E-state index contributed by atoms with van der Waals surface area (Å²) in [5.41, 5.74) is 1.75. The summed E-state index contributed by atoms with van der Waals surface area (Å²) in [6.45, 7) is 0. The molecule has 0 amide bonds. The van der Waals surface area contributed by atoms with Crippen molar-refractivity contribution in [2.24, 2.45) is 0 Å². The summed E-state index contributed by atoms with van der Waals surface area (Å²) in [6, 6.07) is 8.96. The van der Waals surface area contributed by atoms with Gasteiger partial charge in [-0.1, -0.05) is 6.07 Å². The minimum atomic E-state index is -1.10. The number of hydrogen-bond donors (Lipinski definition) is 1. The second-order valence-corrected chi connectivity index (χ2v) is 4.51. The van der Waals surface area contributed by atoms with Crippen molar-refractivity contribution >= 4 is 27.5 Å². The number of carboxylic acid groups (broad SMARTS) is 1. The van der Waals surface area contributed by atoms with E-state index in [0.717, 1.165) is 0 Å². The maximum absolute atomic E-state index is 11.0. The van der Waals surface area contributed by atoms with E-state index in [-0.39, 0.29) is 5.69 Å². The fourth-order valence-corrected chi connectivity index (χ4v) is 2.21. The van der Waals surface area contributed by atoms with E-state index in [1.54, 1.807) is 18.3 Å². The smallest absolute Gasteiger partial charge is 0.357 e. The van der Waals surface area contributed by atoms with Gasteiger partial charge >= 0.3 is 5.97 Å². The van der Waals surface area contributed by atoms with Crippen LogP contribution in [-0.2, 0) is 0 Å². The van der Waals surface area contributed by atoms with Crippen LogP contribution in [0.3, 0.4) is 0 Å². The Labute approximate surface area is 115 Å². The van der Waals surface area contributed by atoms with Gasteiger partial charge in [-0.3, -0.25) is 4.98 Å². The van der Waals surface area contributed by atoms with Gasteiger partial charge in [0.1, 0.15) is 10.3 Å². The number of nitrogens with zero attached hydrogens (tertiary/aromatic N) is 4. The van der Waals surface area contributed by atoms with Gasteiger partial charge in [0.2, 0.25) is 0 Å². The van der Waals surface area contributed by atoms with Crippen LogP contribution in [0, 0.1) is 0 Å². The number of hydrogen-bond acceptors (Lipinski definition) is 4. The van der Waals surface area contributed by atoms with Crippen molar-refractivity contribution in [3.05, 3.63) is 46.8 Å². The molecule has 3 aromatic heterocycles. The molecule has 0 bridgehead atoms. The van der Waals surface area contributed by atoms with Crippen molar-refractivity contribution in [3.8, 4) is 11.4 Å². The van der Waals surface area contributed by atoms with Crippen LogP contribution in [-0.4, -0.2) is 30.7 Å². The predicted molar refractivity (Wildman–Crippen MR) is 70.9 cm³/mol. The van der Waals surface area contributed by atoms with E-state index in [9.17, 15) is 4.79 Å². The van der Waals surface area contributed by atoms with Crippen molar-refractivity contribution < 1.29 is 9.90 Å². The van der Waals surface area contributed by atoms with Gasteiger partial charge in [0.25, 0.3) is 0 Å². The third kappa shape index (κ3) is 1.97. The van der Waals surface area contributed by atoms with Crippen molar-refractivity contribution in [2.45, 2.75) is 0 Å². The first-order chi connectivity index (χ1) is 9.16. The Morgan fingerprint density at radius 2 is 2.05 bits per heavy atom. The summed E-state index contributed by atoms with van der Waals surface area (Å²) in [6.07, 6.45) is 1.67. The molecule has 6 nitrogen and oxygen atoms in total. The highest BCUT2D eigenvalue weighted by Crippen LogP contribution is 2.20. The summed E-state index contributed by atoms with van der Waals surface area (Å²) >= 11 is 3.20. The maximum atomic E-state index is 11.0. The monoisotopic (exact) mass is 318 g/mol. The van der Waals surface area contributed by atoms with Crippen LogP contribution in [0.5, 0.6) is 0 Å². The predicted octanol–water partition coefficient (Wildman–Crippen LogP) is 2.25. The maximum Gasteiger partial charge on any atom is 0.357 e. The van der Waals surface area contributed by atoms with Gasteiger partial charge in [-0.2, -0.15) is 5.10 Å². The molecule has 0 atom stereocenters. The first-order valence-corrected chi connectivity index (χ1v) is 6.16. The molecule has 0 saturated carbocycles. The van der Waals surface area contributed by atoms with Gasteiger partial charge in [0, 0.05) is 6.20 Å². The Morgan fingerprint density at radius 3 is 2.74 bits per heavy atom. The Balaban J connectivity index is 2.21. The van der Waals surface area contributed by atoms with E-state index in [0.29, 0.717) is 21.6 Å². The van der Waals surface area contributed by atoms with E-state index in [4.69, 9.17) is 5.11 Å². The summed E-state index contributed by atoms with van der Waals surface area (Å²) in [5, 5.41) is 13.3. The average molecular weight is 319 g/mol. The largest absolute Gasteiger partial charge is 0.476 e. The van der Waals surface area contributed by atoms with E-state index in [1.165, 1.54) is 4.52 Å². The molecule has 0 aliphatic heterocycles. The third-order valence-electron chi connectivity index (χ3n) is 2.55. The molecule has 3 rings (SSSR count). The highest BCUT2D eigenvalue weighted by Gasteiger charge is 2.17. The molecule has 0 aromatic carbocycles. The number of aromatic nitrogens is 4. The Morgan fingerprint density at radius 1 is 1.21 bits per heavy atom. The number of carboxylic acids is 1. The highest BCUT2D eigenvalue weighted by atomic mass is 79.9. The Hall–Kier alpha value is -2.28. The van der Waals surface area contributed by atoms with Crippen molar-refractivity contribution in [3.63, 3.8) is 0 Å². The normalized spacial score (nSPS) is 10.8. The van der Waals surface area contributed by atoms with E-state index in [2.05, 4.69) is 31.0 Å². The Kier molecular flexibility index (Phi) is 2.75.